The molecule has 3 amide bonds. The van der Waals surface area contributed by atoms with Crippen molar-refractivity contribution in [2.45, 2.75) is 31.7 Å². The molecule has 1 aliphatic carbocycles. The second kappa shape index (κ2) is 10.6. The molecule has 0 aliphatic heterocycles. The molecule has 1 fully saturated rings. The Morgan fingerprint density at radius 2 is 1.72 bits per heavy atom. The Morgan fingerprint density at radius 3 is 2.33 bits per heavy atom. The number of nitrogens with zero attached hydrogens (tertiary/aromatic N) is 4. The van der Waals surface area contributed by atoms with Crippen LogP contribution >= 0.6 is 11.6 Å². The number of fused-ring (bicyclic) bond motifs is 1. The minimum atomic E-state index is -0.616. The van der Waals surface area contributed by atoms with E-state index in [-0.39, 0.29) is 51.8 Å². The number of carbonyl (C=O) groups is 3. The lowest BCUT2D eigenvalue weighted by Gasteiger charge is -2.31. The van der Waals surface area contributed by atoms with Gasteiger partial charge in [-0.1, -0.05) is 11.6 Å². The van der Waals surface area contributed by atoms with Gasteiger partial charge in [-0.05, 0) is 64.0 Å². The number of rotatable bonds is 6. The highest BCUT2D eigenvalue weighted by molar-refractivity contribution is 6.30. The van der Waals surface area contributed by atoms with E-state index >= 15 is 0 Å². The standard InChI is InChI=1S/C25H29ClN6O4/c1-31(2)16-8-5-14(6-9-16)23(33)30-21-20-18(11-10-17(28-20)25(35)32(3)4)36-22(21)24(34)29-19-12-7-15(26)13-27-19/h7,10-14,16H,5-6,8-9H2,1-4H3,(H,30,33)(H,27,29,34). The molecular weight excluding hydrogens is 484 g/mol. The van der Waals surface area contributed by atoms with Crippen molar-refractivity contribution in [1.29, 1.82) is 0 Å². The van der Waals surface area contributed by atoms with Crippen LogP contribution in [0.1, 0.15) is 46.7 Å². The molecule has 0 saturated heterocycles. The normalized spacial score (nSPS) is 17.7. The summed E-state index contributed by atoms with van der Waals surface area (Å²) in [5.41, 5.74) is 0.796. The smallest absolute Gasteiger partial charge is 0.294 e. The Labute approximate surface area is 214 Å². The fourth-order valence-corrected chi connectivity index (χ4v) is 4.41. The van der Waals surface area contributed by atoms with Crippen LogP contribution < -0.4 is 10.6 Å². The van der Waals surface area contributed by atoms with Gasteiger partial charge in [0.15, 0.2) is 5.58 Å². The van der Waals surface area contributed by atoms with Gasteiger partial charge < -0.3 is 24.9 Å². The monoisotopic (exact) mass is 512 g/mol. The Kier molecular flexibility index (Phi) is 7.56. The number of hydrogen-bond donors (Lipinski definition) is 2. The lowest BCUT2D eigenvalue weighted by Crippen LogP contribution is -2.35. The van der Waals surface area contributed by atoms with Crippen LogP contribution in [0.4, 0.5) is 11.5 Å². The molecule has 0 spiro atoms. The molecule has 0 aromatic carbocycles. The Bertz CT molecular complexity index is 1280. The first-order valence-electron chi connectivity index (χ1n) is 11.7. The van der Waals surface area contributed by atoms with E-state index in [0.29, 0.717) is 11.1 Å². The Hall–Kier alpha value is -3.50. The summed E-state index contributed by atoms with van der Waals surface area (Å²) in [7, 11) is 7.32. The van der Waals surface area contributed by atoms with E-state index in [1.54, 1.807) is 32.3 Å². The first kappa shape index (κ1) is 25.6. The van der Waals surface area contributed by atoms with Crippen molar-refractivity contribution in [2.75, 3.05) is 38.8 Å². The predicted octanol–water partition coefficient (Wildman–Crippen LogP) is 3.89. The SMILES string of the molecule is CN(C)C(=O)c1ccc2oc(C(=O)Nc3ccc(Cl)cn3)c(NC(=O)C3CCC(N(C)C)CC3)c2n1. The predicted molar refractivity (Wildman–Crippen MR) is 137 cm³/mol. The minimum Gasteiger partial charge on any atom is -0.447 e. The number of furan rings is 1. The van der Waals surface area contributed by atoms with Crippen molar-refractivity contribution in [3.05, 3.63) is 46.9 Å². The second-order valence-corrected chi connectivity index (χ2v) is 9.76. The number of carbonyl (C=O) groups excluding carboxylic acids is 3. The largest absolute Gasteiger partial charge is 0.447 e. The molecular formula is C25H29ClN6O4. The maximum absolute atomic E-state index is 13.3. The van der Waals surface area contributed by atoms with Gasteiger partial charge in [0.25, 0.3) is 11.8 Å². The minimum absolute atomic E-state index is 0.126. The highest BCUT2D eigenvalue weighted by Gasteiger charge is 2.30. The van der Waals surface area contributed by atoms with Crippen molar-refractivity contribution in [3.63, 3.8) is 0 Å². The number of hydrogen-bond acceptors (Lipinski definition) is 7. The zero-order valence-corrected chi connectivity index (χ0v) is 21.4. The molecule has 3 heterocycles. The lowest BCUT2D eigenvalue weighted by molar-refractivity contribution is -0.121. The van der Waals surface area contributed by atoms with Gasteiger partial charge in [-0.3, -0.25) is 14.4 Å². The van der Waals surface area contributed by atoms with Crippen molar-refractivity contribution in [3.8, 4) is 0 Å². The summed E-state index contributed by atoms with van der Waals surface area (Å²) in [5, 5.41) is 5.96. The third-order valence-corrected chi connectivity index (χ3v) is 6.60. The van der Waals surface area contributed by atoms with Gasteiger partial charge >= 0.3 is 0 Å². The van der Waals surface area contributed by atoms with E-state index in [2.05, 4.69) is 25.5 Å². The lowest BCUT2D eigenvalue weighted by atomic mass is 9.85. The molecule has 0 unspecified atom stereocenters. The molecule has 1 saturated carbocycles. The van der Waals surface area contributed by atoms with Crippen LogP contribution in [0, 0.1) is 5.92 Å². The number of halogens is 1. The molecule has 0 radical (unpaired) electrons. The third-order valence-electron chi connectivity index (χ3n) is 6.38. The van der Waals surface area contributed by atoms with Gasteiger partial charge in [0.05, 0.1) is 5.02 Å². The van der Waals surface area contributed by atoms with Crippen molar-refractivity contribution in [2.24, 2.45) is 5.92 Å². The topological polar surface area (TPSA) is 121 Å². The van der Waals surface area contributed by atoms with Crippen LogP contribution in [0.5, 0.6) is 0 Å². The average Bonchev–Trinajstić information content (AvgIpc) is 3.22. The fraction of sp³-hybridized carbons (Fsp3) is 0.400. The van der Waals surface area contributed by atoms with Gasteiger partial charge in [0, 0.05) is 32.3 Å². The van der Waals surface area contributed by atoms with E-state index in [9.17, 15) is 14.4 Å². The maximum atomic E-state index is 13.3. The van der Waals surface area contributed by atoms with Crippen LogP contribution in [-0.4, -0.2) is 71.7 Å². The molecule has 0 bridgehead atoms. The summed E-state index contributed by atoms with van der Waals surface area (Å²) in [4.78, 5) is 51.0. The zero-order valence-electron chi connectivity index (χ0n) is 20.7. The molecule has 2 N–H and O–H groups in total. The molecule has 3 aromatic heterocycles. The fourth-order valence-electron chi connectivity index (χ4n) is 4.30. The number of amides is 3. The average molecular weight is 513 g/mol. The molecule has 36 heavy (non-hydrogen) atoms. The Balaban J connectivity index is 1.66. The van der Waals surface area contributed by atoms with Gasteiger partial charge in [-0.2, -0.15) is 0 Å². The zero-order chi connectivity index (χ0) is 26.0. The van der Waals surface area contributed by atoms with Crippen LogP contribution in [-0.2, 0) is 4.79 Å². The summed E-state index contributed by atoms with van der Waals surface area (Å²) < 4.78 is 5.81. The maximum Gasteiger partial charge on any atom is 0.294 e. The number of nitrogens with one attached hydrogen (secondary N) is 2. The quantitative estimate of drug-likeness (QED) is 0.514. The van der Waals surface area contributed by atoms with Crippen LogP contribution in [0.25, 0.3) is 11.1 Å². The van der Waals surface area contributed by atoms with Gasteiger partial charge in [-0.25, -0.2) is 9.97 Å². The van der Waals surface area contributed by atoms with Crippen molar-refractivity contribution in [1.82, 2.24) is 19.8 Å². The molecule has 190 valence electrons. The van der Waals surface area contributed by atoms with Gasteiger partial charge in [-0.15, -0.1) is 0 Å². The number of anilines is 2. The van der Waals surface area contributed by atoms with Crippen molar-refractivity contribution < 1.29 is 18.8 Å². The Morgan fingerprint density at radius 1 is 1.00 bits per heavy atom. The molecule has 0 atom stereocenters. The first-order valence-corrected chi connectivity index (χ1v) is 12.1. The molecule has 4 rings (SSSR count). The summed E-state index contributed by atoms with van der Waals surface area (Å²) in [6.45, 7) is 0. The van der Waals surface area contributed by atoms with Gasteiger partial charge in [0.1, 0.15) is 22.7 Å². The van der Waals surface area contributed by atoms with E-state index in [1.165, 1.54) is 17.2 Å². The van der Waals surface area contributed by atoms with Crippen LogP contribution in [0.3, 0.4) is 0 Å². The van der Waals surface area contributed by atoms with Crippen LogP contribution in [0.2, 0.25) is 5.02 Å². The van der Waals surface area contributed by atoms with Gasteiger partial charge in [0.2, 0.25) is 11.7 Å². The number of aromatic nitrogens is 2. The first-order chi connectivity index (χ1) is 17.1. The second-order valence-electron chi connectivity index (χ2n) is 9.32. The summed E-state index contributed by atoms with van der Waals surface area (Å²) in [6.07, 6.45) is 4.69. The van der Waals surface area contributed by atoms with Crippen LogP contribution in [0.15, 0.2) is 34.9 Å². The van der Waals surface area contributed by atoms with E-state index in [0.717, 1.165) is 25.7 Å². The molecule has 10 nitrogen and oxygen atoms in total. The summed E-state index contributed by atoms with van der Waals surface area (Å²) >= 11 is 5.88. The van der Waals surface area contributed by atoms with E-state index < -0.39 is 5.91 Å². The highest BCUT2D eigenvalue weighted by atomic mass is 35.5. The van der Waals surface area contributed by atoms with Crippen molar-refractivity contribution >= 4 is 51.9 Å². The number of pyridine rings is 2. The highest BCUT2D eigenvalue weighted by Crippen LogP contribution is 2.33. The summed E-state index contributed by atoms with van der Waals surface area (Å²) in [6, 6.07) is 6.67. The molecule has 1 aliphatic rings. The molecule has 11 heteroatoms. The van der Waals surface area contributed by atoms with E-state index in [4.69, 9.17) is 16.0 Å². The van der Waals surface area contributed by atoms with E-state index in [1.807, 2.05) is 14.1 Å². The molecule has 3 aromatic rings. The third kappa shape index (κ3) is 5.50. The summed E-state index contributed by atoms with van der Waals surface area (Å²) in [5.74, 6) is -1.20.